The number of nitrogens with one attached hydrogen (secondary N) is 1. The van der Waals surface area contributed by atoms with Crippen molar-refractivity contribution in [1.29, 1.82) is 5.26 Å². The summed E-state index contributed by atoms with van der Waals surface area (Å²) in [4.78, 5) is 11.5. The second-order valence-electron chi connectivity index (χ2n) is 3.69. The topological polar surface area (TPSA) is 66.0 Å². The number of rotatable bonds is 4. The average molecular weight is 230 g/mol. The molecule has 88 valence electrons. The van der Waals surface area contributed by atoms with E-state index in [1.807, 2.05) is 19.9 Å². The molecule has 0 radical (unpaired) electrons. The molecular weight excluding hydrogens is 216 g/mol. The van der Waals surface area contributed by atoms with Crippen LogP contribution in [0.1, 0.15) is 19.6 Å². The molecule has 0 aliphatic rings. The maximum Gasteiger partial charge on any atom is 0.262 e. The molecule has 17 heavy (non-hydrogen) atoms. The van der Waals surface area contributed by atoms with Gasteiger partial charge in [-0.15, -0.1) is 0 Å². The second kappa shape index (κ2) is 6.33. The van der Waals surface area contributed by atoms with Gasteiger partial charge in [0.15, 0.2) is 0 Å². The van der Waals surface area contributed by atoms with E-state index in [4.69, 9.17) is 9.68 Å². The molecule has 0 saturated heterocycles. The van der Waals surface area contributed by atoms with E-state index >= 15 is 0 Å². The van der Waals surface area contributed by atoms with Crippen molar-refractivity contribution in [2.24, 2.45) is 0 Å². The summed E-state index contributed by atoms with van der Waals surface area (Å²) < 4.78 is 5.07. The Hall–Kier alpha value is -2.28. The summed E-state index contributed by atoms with van der Waals surface area (Å²) in [5.41, 5.74) is 0.0708. The lowest BCUT2D eigenvalue weighted by Crippen LogP contribution is -2.30. The Morgan fingerprint density at radius 2 is 2.35 bits per heavy atom. The summed E-state index contributed by atoms with van der Waals surface area (Å²) >= 11 is 0. The lowest BCUT2D eigenvalue weighted by atomic mass is 10.2. The van der Waals surface area contributed by atoms with Gasteiger partial charge in [-0.2, -0.15) is 5.26 Å². The van der Waals surface area contributed by atoms with Gasteiger partial charge in [-0.3, -0.25) is 4.79 Å². The van der Waals surface area contributed by atoms with E-state index in [1.54, 1.807) is 30.5 Å². The van der Waals surface area contributed by atoms with Gasteiger partial charge in [0, 0.05) is 6.04 Å². The van der Waals surface area contributed by atoms with Gasteiger partial charge >= 0.3 is 0 Å². The monoisotopic (exact) mass is 230 g/mol. The van der Waals surface area contributed by atoms with Crippen molar-refractivity contribution in [3.8, 4) is 6.07 Å². The first kappa shape index (κ1) is 12.8. The molecule has 1 N–H and O–H groups in total. The fourth-order valence-electron chi connectivity index (χ4n) is 1.13. The van der Waals surface area contributed by atoms with Crippen LogP contribution >= 0.6 is 0 Å². The van der Waals surface area contributed by atoms with Crippen molar-refractivity contribution in [1.82, 2.24) is 5.32 Å². The third-order valence-electron chi connectivity index (χ3n) is 1.85. The summed E-state index contributed by atoms with van der Waals surface area (Å²) in [6.07, 6.45) is 6.30. The molecule has 1 heterocycles. The van der Waals surface area contributed by atoms with E-state index in [1.165, 1.54) is 6.08 Å². The highest BCUT2D eigenvalue weighted by atomic mass is 16.3. The Bertz CT molecular complexity index is 462. The largest absolute Gasteiger partial charge is 0.465 e. The van der Waals surface area contributed by atoms with E-state index in [9.17, 15) is 4.79 Å². The van der Waals surface area contributed by atoms with Crippen molar-refractivity contribution in [3.63, 3.8) is 0 Å². The van der Waals surface area contributed by atoms with Gasteiger partial charge in [0.05, 0.1) is 6.26 Å². The Morgan fingerprint density at radius 3 is 2.88 bits per heavy atom. The number of hydrogen-bond donors (Lipinski definition) is 1. The average Bonchev–Trinajstić information content (AvgIpc) is 2.76. The molecule has 0 fully saturated rings. The molecule has 1 rings (SSSR count). The third-order valence-corrected chi connectivity index (χ3v) is 1.85. The van der Waals surface area contributed by atoms with Gasteiger partial charge in [-0.1, -0.05) is 6.08 Å². The predicted molar refractivity (Wildman–Crippen MR) is 64.7 cm³/mol. The quantitative estimate of drug-likeness (QED) is 0.490. The number of hydrogen-bond acceptors (Lipinski definition) is 3. The minimum atomic E-state index is -0.369. The van der Waals surface area contributed by atoms with Crippen LogP contribution in [0, 0.1) is 11.3 Å². The van der Waals surface area contributed by atoms with Crippen LogP contribution in [-0.2, 0) is 4.79 Å². The van der Waals surface area contributed by atoms with Gasteiger partial charge in [0.1, 0.15) is 17.4 Å². The Labute approximate surface area is 100 Å². The third kappa shape index (κ3) is 4.39. The smallest absolute Gasteiger partial charge is 0.262 e. The predicted octanol–water partition coefficient (Wildman–Crippen LogP) is 2.27. The maximum absolute atomic E-state index is 11.5. The minimum Gasteiger partial charge on any atom is -0.465 e. The number of allylic oxidation sites excluding steroid dienone is 2. The molecule has 0 bridgehead atoms. The molecule has 0 aliphatic carbocycles. The maximum atomic E-state index is 11.5. The molecule has 4 heteroatoms. The molecule has 1 amide bonds. The standard InChI is InChI=1S/C13H14N2O2/c1-10(2)15-13(16)11(9-14)5-3-6-12-7-4-8-17-12/h3-8,10H,1-2H3,(H,15,16)/b6-3+,11-5+. The summed E-state index contributed by atoms with van der Waals surface area (Å²) in [5.74, 6) is 0.300. The van der Waals surface area contributed by atoms with Gasteiger partial charge in [-0.05, 0) is 38.1 Å². The van der Waals surface area contributed by atoms with Crippen LogP contribution in [0.15, 0.2) is 40.5 Å². The minimum absolute atomic E-state index is 0.00769. The first-order valence-electron chi connectivity index (χ1n) is 5.26. The number of carbonyl (C=O) groups is 1. The molecule has 0 aromatic carbocycles. The lowest BCUT2D eigenvalue weighted by molar-refractivity contribution is -0.117. The van der Waals surface area contributed by atoms with E-state index in [2.05, 4.69) is 5.32 Å². The van der Waals surface area contributed by atoms with Gasteiger partial charge in [0.2, 0.25) is 0 Å². The van der Waals surface area contributed by atoms with Crippen LogP contribution in [0.2, 0.25) is 0 Å². The van der Waals surface area contributed by atoms with Crippen molar-refractivity contribution < 1.29 is 9.21 Å². The Balaban J connectivity index is 2.68. The van der Waals surface area contributed by atoms with Crippen molar-refractivity contribution >= 4 is 12.0 Å². The van der Waals surface area contributed by atoms with E-state index < -0.39 is 0 Å². The van der Waals surface area contributed by atoms with Crippen LogP contribution < -0.4 is 5.32 Å². The molecule has 0 atom stereocenters. The van der Waals surface area contributed by atoms with Crippen LogP contribution in [0.25, 0.3) is 6.08 Å². The summed E-state index contributed by atoms with van der Waals surface area (Å²) in [6, 6.07) is 5.41. The van der Waals surface area contributed by atoms with Gasteiger partial charge in [-0.25, -0.2) is 0 Å². The fourth-order valence-corrected chi connectivity index (χ4v) is 1.13. The van der Waals surface area contributed by atoms with E-state index in [0.29, 0.717) is 5.76 Å². The molecule has 0 spiro atoms. The highest BCUT2D eigenvalue weighted by Crippen LogP contribution is 2.03. The summed E-state index contributed by atoms with van der Waals surface area (Å²) in [6.45, 7) is 3.68. The van der Waals surface area contributed by atoms with Gasteiger partial charge < -0.3 is 9.73 Å². The first-order chi connectivity index (χ1) is 8.13. The molecule has 0 saturated carbocycles. The Kier molecular flexibility index (Phi) is 4.77. The molecule has 1 aromatic heterocycles. The van der Waals surface area contributed by atoms with Crippen molar-refractivity contribution in [2.45, 2.75) is 19.9 Å². The van der Waals surface area contributed by atoms with Crippen molar-refractivity contribution in [3.05, 3.63) is 41.9 Å². The van der Waals surface area contributed by atoms with Crippen molar-refractivity contribution in [2.75, 3.05) is 0 Å². The lowest BCUT2D eigenvalue weighted by Gasteiger charge is -2.05. The first-order valence-corrected chi connectivity index (χ1v) is 5.26. The molecular formula is C13H14N2O2. The van der Waals surface area contributed by atoms with Gasteiger partial charge in [0.25, 0.3) is 5.91 Å². The zero-order valence-corrected chi connectivity index (χ0v) is 9.81. The van der Waals surface area contributed by atoms with Crippen LogP contribution in [0.3, 0.4) is 0 Å². The number of amides is 1. The molecule has 1 aromatic rings. The van der Waals surface area contributed by atoms with Crippen LogP contribution in [0.4, 0.5) is 0 Å². The zero-order chi connectivity index (χ0) is 12.7. The van der Waals surface area contributed by atoms with Crippen LogP contribution in [-0.4, -0.2) is 11.9 Å². The van der Waals surface area contributed by atoms with E-state index in [-0.39, 0.29) is 17.5 Å². The highest BCUT2D eigenvalue weighted by Gasteiger charge is 2.08. The highest BCUT2D eigenvalue weighted by molar-refractivity contribution is 5.97. The number of carbonyl (C=O) groups excluding carboxylic acids is 1. The number of nitriles is 1. The fraction of sp³-hybridized carbons (Fsp3) is 0.231. The Morgan fingerprint density at radius 1 is 1.59 bits per heavy atom. The number of nitrogens with zero attached hydrogens (tertiary/aromatic N) is 1. The summed E-state index contributed by atoms with van der Waals surface area (Å²) in [5, 5.41) is 11.5. The summed E-state index contributed by atoms with van der Waals surface area (Å²) in [7, 11) is 0. The second-order valence-corrected chi connectivity index (χ2v) is 3.69. The molecule has 0 aliphatic heterocycles. The SMILES string of the molecule is CC(C)NC(=O)/C(C#N)=C/C=C/c1ccco1. The molecule has 4 nitrogen and oxygen atoms in total. The zero-order valence-electron chi connectivity index (χ0n) is 9.81. The van der Waals surface area contributed by atoms with E-state index in [0.717, 1.165) is 0 Å². The van der Waals surface area contributed by atoms with Crippen LogP contribution in [0.5, 0.6) is 0 Å². The normalized spacial score (nSPS) is 11.8. The number of furan rings is 1. The molecule has 0 unspecified atom stereocenters.